The maximum atomic E-state index is 11.3. The monoisotopic (exact) mass is 330 g/mol. The molecule has 23 heavy (non-hydrogen) atoms. The van der Waals surface area contributed by atoms with Gasteiger partial charge in [0.15, 0.2) is 11.9 Å². The summed E-state index contributed by atoms with van der Waals surface area (Å²) in [7, 11) is 0. The minimum Gasteiger partial charge on any atom is -0.499 e. The Bertz CT molecular complexity index is 379. The Balaban J connectivity index is 2.15. The molecule has 0 aromatic rings. The minimum atomic E-state index is -1.29. The molecule has 0 aromatic carbocycles. The molecule has 2 atom stereocenters. The molecule has 1 aliphatic heterocycles. The molecule has 0 fully saturated rings. The molecule has 0 bridgehead atoms. The summed E-state index contributed by atoms with van der Waals surface area (Å²) in [6, 6.07) is 0. The standard InChI is InChI=1S/C17H30O6/c1-2-3-4-5-6-7-8-9-10-11-22-16-14(20)17(21)23-15(16)13(19)12-18/h13,15,18-20H,2-12H2,1H3/t13-,15+/m0/s1. The van der Waals surface area contributed by atoms with Gasteiger partial charge in [0.1, 0.15) is 6.10 Å². The lowest BCUT2D eigenvalue weighted by atomic mass is 10.1. The lowest BCUT2D eigenvalue weighted by Crippen LogP contribution is -2.32. The summed E-state index contributed by atoms with van der Waals surface area (Å²) in [4.78, 5) is 11.3. The first-order valence-corrected chi connectivity index (χ1v) is 8.67. The van der Waals surface area contributed by atoms with E-state index >= 15 is 0 Å². The van der Waals surface area contributed by atoms with Crippen molar-refractivity contribution in [1.29, 1.82) is 0 Å². The second kappa shape index (κ2) is 11.3. The molecule has 1 rings (SSSR count). The van der Waals surface area contributed by atoms with Crippen molar-refractivity contribution in [3.05, 3.63) is 11.5 Å². The van der Waals surface area contributed by atoms with Crippen molar-refractivity contribution in [2.45, 2.75) is 76.9 Å². The summed E-state index contributed by atoms with van der Waals surface area (Å²) in [6.07, 6.45) is 8.22. The van der Waals surface area contributed by atoms with Gasteiger partial charge in [-0.15, -0.1) is 0 Å². The lowest BCUT2D eigenvalue weighted by molar-refractivity contribution is -0.148. The zero-order valence-corrected chi connectivity index (χ0v) is 14.0. The van der Waals surface area contributed by atoms with Gasteiger partial charge in [-0.2, -0.15) is 0 Å². The summed E-state index contributed by atoms with van der Waals surface area (Å²) in [5.74, 6) is -1.61. The molecule has 6 heteroatoms. The molecule has 0 saturated heterocycles. The third kappa shape index (κ3) is 6.79. The molecular weight excluding hydrogens is 300 g/mol. The van der Waals surface area contributed by atoms with Crippen LogP contribution in [0.4, 0.5) is 0 Å². The molecule has 0 aliphatic carbocycles. The molecule has 1 aliphatic rings. The average molecular weight is 330 g/mol. The van der Waals surface area contributed by atoms with Crippen LogP contribution in [0, 0.1) is 0 Å². The molecule has 3 N–H and O–H groups in total. The van der Waals surface area contributed by atoms with Crippen molar-refractivity contribution in [2.75, 3.05) is 13.2 Å². The number of hydrogen-bond acceptors (Lipinski definition) is 6. The highest BCUT2D eigenvalue weighted by Gasteiger charge is 2.40. The first-order chi connectivity index (χ1) is 11.1. The predicted molar refractivity (Wildman–Crippen MR) is 85.8 cm³/mol. The Labute approximate surface area is 138 Å². The van der Waals surface area contributed by atoms with E-state index in [1.165, 1.54) is 38.5 Å². The summed E-state index contributed by atoms with van der Waals surface area (Å²) >= 11 is 0. The molecule has 0 saturated carbocycles. The van der Waals surface area contributed by atoms with Gasteiger partial charge in [-0.05, 0) is 6.42 Å². The largest absolute Gasteiger partial charge is 0.499 e. The Morgan fingerprint density at radius 1 is 1.09 bits per heavy atom. The maximum absolute atomic E-state index is 11.3. The smallest absolute Gasteiger partial charge is 0.378 e. The number of hydrogen-bond donors (Lipinski definition) is 3. The number of carbonyl (C=O) groups excluding carboxylic acids is 1. The lowest BCUT2D eigenvalue weighted by Gasteiger charge is -2.18. The highest BCUT2D eigenvalue weighted by atomic mass is 16.6. The van der Waals surface area contributed by atoms with Crippen molar-refractivity contribution in [3.8, 4) is 0 Å². The number of ether oxygens (including phenoxy) is 2. The van der Waals surface area contributed by atoms with E-state index in [1.807, 2.05) is 0 Å². The predicted octanol–water partition coefficient (Wildman–Crippen LogP) is 2.58. The number of rotatable bonds is 13. The third-order valence-corrected chi connectivity index (χ3v) is 3.96. The SMILES string of the molecule is CCCCCCCCCCCOC1=C(O)C(=O)O[C@@H]1[C@@H](O)CO. The zero-order valence-electron chi connectivity index (χ0n) is 14.0. The van der Waals surface area contributed by atoms with Crippen LogP contribution in [0.3, 0.4) is 0 Å². The maximum Gasteiger partial charge on any atom is 0.378 e. The van der Waals surface area contributed by atoms with Crippen LogP contribution < -0.4 is 0 Å². The van der Waals surface area contributed by atoms with Crippen LogP contribution in [0.25, 0.3) is 0 Å². The van der Waals surface area contributed by atoms with E-state index in [9.17, 15) is 15.0 Å². The molecule has 134 valence electrons. The Morgan fingerprint density at radius 3 is 2.22 bits per heavy atom. The summed E-state index contributed by atoms with van der Waals surface area (Å²) in [5.41, 5.74) is 0. The molecule has 0 unspecified atom stereocenters. The fourth-order valence-electron chi connectivity index (χ4n) is 2.55. The van der Waals surface area contributed by atoms with E-state index < -0.39 is 30.5 Å². The Kier molecular flexibility index (Phi) is 9.71. The second-order valence-electron chi connectivity index (χ2n) is 5.97. The molecule has 0 radical (unpaired) electrons. The van der Waals surface area contributed by atoms with Gasteiger partial charge in [-0.1, -0.05) is 58.3 Å². The number of esters is 1. The summed E-state index contributed by atoms with van der Waals surface area (Å²) in [5, 5.41) is 28.1. The van der Waals surface area contributed by atoms with Gasteiger partial charge in [-0.25, -0.2) is 4.79 Å². The molecule has 0 spiro atoms. The van der Waals surface area contributed by atoms with E-state index in [0.717, 1.165) is 19.3 Å². The van der Waals surface area contributed by atoms with Crippen molar-refractivity contribution >= 4 is 5.97 Å². The molecular formula is C17H30O6. The molecule has 0 amide bonds. The van der Waals surface area contributed by atoms with E-state index in [2.05, 4.69) is 6.92 Å². The number of aliphatic hydroxyl groups is 3. The van der Waals surface area contributed by atoms with Gasteiger partial charge in [0.2, 0.25) is 5.76 Å². The number of carbonyl (C=O) groups is 1. The fourth-order valence-corrected chi connectivity index (χ4v) is 2.55. The minimum absolute atomic E-state index is 0.0730. The number of aliphatic hydroxyl groups excluding tert-OH is 3. The number of unbranched alkanes of at least 4 members (excludes halogenated alkanes) is 8. The zero-order chi connectivity index (χ0) is 17.1. The van der Waals surface area contributed by atoms with E-state index in [0.29, 0.717) is 6.61 Å². The quantitative estimate of drug-likeness (QED) is 0.355. The van der Waals surface area contributed by atoms with Crippen LogP contribution in [0.1, 0.15) is 64.7 Å². The van der Waals surface area contributed by atoms with E-state index in [1.54, 1.807) is 0 Å². The first-order valence-electron chi connectivity index (χ1n) is 8.67. The average Bonchev–Trinajstić information content (AvgIpc) is 2.84. The Hall–Kier alpha value is -1.27. The van der Waals surface area contributed by atoms with Crippen molar-refractivity contribution in [3.63, 3.8) is 0 Å². The van der Waals surface area contributed by atoms with E-state index in [4.69, 9.17) is 14.6 Å². The van der Waals surface area contributed by atoms with Gasteiger partial charge in [0.05, 0.1) is 13.2 Å². The summed E-state index contributed by atoms with van der Waals surface area (Å²) < 4.78 is 10.2. The van der Waals surface area contributed by atoms with Crippen LogP contribution in [-0.4, -0.2) is 46.7 Å². The summed E-state index contributed by atoms with van der Waals surface area (Å²) in [6.45, 7) is 1.98. The van der Waals surface area contributed by atoms with Crippen LogP contribution >= 0.6 is 0 Å². The van der Waals surface area contributed by atoms with Crippen LogP contribution in [0.5, 0.6) is 0 Å². The third-order valence-electron chi connectivity index (χ3n) is 3.96. The van der Waals surface area contributed by atoms with Gasteiger partial charge in [0, 0.05) is 0 Å². The van der Waals surface area contributed by atoms with Crippen LogP contribution in [0.15, 0.2) is 11.5 Å². The van der Waals surface area contributed by atoms with Gasteiger partial charge in [0.25, 0.3) is 0 Å². The van der Waals surface area contributed by atoms with Crippen LogP contribution in [-0.2, 0) is 14.3 Å². The second-order valence-corrected chi connectivity index (χ2v) is 5.97. The molecule has 1 heterocycles. The highest BCUT2D eigenvalue weighted by molar-refractivity contribution is 5.89. The topological polar surface area (TPSA) is 96.2 Å². The number of cyclic esters (lactones) is 1. The highest BCUT2D eigenvalue weighted by Crippen LogP contribution is 2.25. The van der Waals surface area contributed by atoms with Gasteiger partial charge in [-0.3, -0.25) is 0 Å². The molecule has 0 aromatic heterocycles. The van der Waals surface area contributed by atoms with Gasteiger partial charge < -0.3 is 24.8 Å². The van der Waals surface area contributed by atoms with Crippen LogP contribution in [0.2, 0.25) is 0 Å². The van der Waals surface area contributed by atoms with Crippen molar-refractivity contribution in [1.82, 2.24) is 0 Å². The first kappa shape index (κ1) is 19.8. The van der Waals surface area contributed by atoms with Crippen molar-refractivity contribution < 1.29 is 29.6 Å². The molecule has 6 nitrogen and oxygen atoms in total. The fraction of sp³-hybridized carbons (Fsp3) is 0.824. The van der Waals surface area contributed by atoms with Crippen molar-refractivity contribution in [2.24, 2.45) is 0 Å². The van der Waals surface area contributed by atoms with Gasteiger partial charge >= 0.3 is 5.97 Å². The normalized spacial score (nSPS) is 19.1. The Morgan fingerprint density at radius 2 is 1.65 bits per heavy atom. The van der Waals surface area contributed by atoms with E-state index in [-0.39, 0.29) is 5.76 Å².